The minimum absolute atomic E-state index is 0.0722. The highest BCUT2D eigenvalue weighted by molar-refractivity contribution is 5.84. The minimum Gasteiger partial charge on any atom is -0.444 e. The normalized spacial score (nSPS) is 19.1. The summed E-state index contributed by atoms with van der Waals surface area (Å²) >= 11 is 0. The predicted molar refractivity (Wildman–Crippen MR) is 142 cm³/mol. The minimum atomic E-state index is -0.595. The van der Waals surface area contributed by atoms with Crippen molar-refractivity contribution in [3.8, 4) is 0 Å². The number of likely N-dealkylation sites (N-methyl/N-ethyl adjacent to an activating group) is 1. The Kier molecular flexibility index (Phi) is 8.48. The van der Waals surface area contributed by atoms with Crippen LogP contribution >= 0.6 is 0 Å². The van der Waals surface area contributed by atoms with Gasteiger partial charge in [0.25, 0.3) is 0 Å². The van der Waals surface area contributed by atoms with E-state index in [1.165, 1.54) is 12.1 Å². The molecule has 1 aliphatic rings. The maximum atomic E-state index is 13.9. The highest BCUT2D eigenvalue weighted by atomic mass is 19.1. The van der Waals surface area contributed by atoms with Gasteiger partial charge in [-0.2, -0.15) is 0 Å². The van der Waals surface area contributed by atoms with Crippen LogP contribution in [0.3, 0.4) is 0 Å². The second-order valence-electron chi connectivity index (χ2n) is 11.2. The molecule has 6 heteroatoms. The Morgan fingerprint density at radius 3 is 2.31 bits per heavy atom. The molecule has 2 aromatic rings. The molecular formula is C30H41FN2O3. The van der Waals surface area contributed by atoms with Gasteiger partial charge in [-0.15, -0.1) is 0 Å². The van der Waals surface area contributed by atoms with E-state index in [9.17, 15) is 14.0 Å². The number of likely N-dealkylation sites (tertiary alicyclic amines) is 1. The Hall–Kier alpha value is -2.89. The van der Waals surface area contributed by atoms with Gasteiger partial charge in [0.1, 0.15) is 11.4 Å². The van der Waals surface area contributed by atoms with Gasteiger partial charge >= 0.3 is 6.09 Å². The van der Waals surface area contributed by atoms with Gasteiger partial charge in [0, 0.05) is 32.1 Å². The lowest BCUT2D eigenvalue weighted by Crippen LogP contribution is -2.53. The fourth-order valence-electron chi connectivity index (χ4n) is 5.43. The summed E-state index contributed by atoms with van der Waals surface area (Å²) in [5, 5.41) is 0. The second-order valence-corrected chi connectivity index (χ2v) is 11.2. The molecule has 0 unspecified atom stereocenters. The molecule has 0 aromatic heterocycles. The third-order valence-electron chi connectivity index (χ3n) is 7.06. The Morgan fingerprint density at radius 1 is 1.11 bits per heavy atom. The van der Waals surface area contributed by atoms with E-state index in [0.29, 0.717) is 25.9 Å². The van der Waals surface area contributed by atoms with Crippen molar-refractivity contribution in [2.24, 2.45) is 0 Å². The Labute approximate surface area is 215 Å². The number of ether oxygens (including phenoxy) is 1. The van der Waals surface area contributed by atoms with E-state index in [4.69, 9.17) is 4.74 Å². The first kappa shape index (κ1) is 27.7. The summed E-state index contributed by atoms with van der Waals surface area (Å²) in [6, 6.07) is 11.0. The molecule has 0 N–H and O–H groups in total. The molecule has 2 amide bonds. The smallest absolute Gasteiger partial charge is 0.410 e. The lowest BCUT2D eigenvalue weighted by atomic mass is 9.82. The summed E-state index contributed by atoms with van der Waals surface area (Å²) in [6.45, 7) is 14.5. The first-order chi connectivity index (χ1) is 16.8. The highest BCUT2D eigenvalue weighted by Crippen LogP contribution is 2.35. The van der Waals surface area contributed by atoms with Gasteiger partial charge in [0.2, 0.25) is 5.91 Å². The maximum absolute atomic E-state index is 13.9. The molecule has 0 saturated carbocycles. The molecule has 1 heterocycles. The molecule has 196 valence electrons. The number of hydrogen-bond donors (Lipinski definition) is 0. The van der Waals surface area contributed by atoms with Crippen LogP contribution < -0.4 is 0 Å². The van der Waals surface area contributed by atoms with Crippen molar-refractivity contribution >= 4 is 12.0 Å². The van der Waals surface area contributed by atoms with Gasteiger partial charge in [-0.3, -0.25) is 4.79 Å². The van der Waals surface area contributed by atoms with Crippen molar-refractivity contribution in [3.05, 3.63) is 70.0 Å². The highest BCUT2D eigenvalue weighted by Gasteiger charge is 2.39. The van der Waals surface area contributed by atoms with Crippen LogP contribution in [0.4, 0.5) is 9.18 Å². The van der Waals surface area contributed by atoms with Gasteiger partial charge in [-0.1, -0.05) is 42.3 Å². The summed E-state index contributed by atoms with van der Waals surface area (Å²) < 4.78 is 19.6. The molecule has 0 radical (unpaired) electrons. The van der Waals surface area contributed by atoms with E-state index >= 15 is 0 Å². The SMILES string of the molecule is CC[C@@H](C(=O)N(C)[C@@H]1CCN(C(=O)OC(C)(C)C)C[C@H]1c1ccc(F)cc1C)c1cc(C)cc(C)c1. The molecule has 1 aliphatic heterocycles. The number of rotatable bonds is 5. The Bertz CT molecular complexity index is 1090. The molecule has 0 spiro atoms. The molecule has 0 aliphatic carbocycles. The Morgan fingerprint density at radius 2 is 1.75 bits per heavy atom. The third kappa shape index (κ3) is 6.45. The van der Waals surface area contributed by atoms with E-state index in [0.717, 1.165) is 27.8 Å². The molecular weight excluding hydrogens is 455 g/mol. The average molecular weight is 497 g/mol. The van der Waals surface area contributed by atoms with Gasteiger partial charge in [-0.05, 0) is 83.2 Å². The number of piperidine rings is 1. The van der Waals surface area contributed by atoms with E-state index in [-0.39, 0.29) is 35.7 Å². The zero-order valence-corrected chi connectivity index (χ0v) is 23.0. The van der Waals surface area contributed by atoms with Crippen LogP contribution in [0.2, 0.25) is 0 Å². The van der Waals surface area contributed by atoms with Gasteiger partial charge in [0.05, 0.1) is 5.92 Å². The number of benzene rings is 2. The van der Waals surface area contributed by atoms with Crippen LogP contribution in [-0.2, 0) is 9.53 Å². The monoisotopic (exact) mass is 496 g/mol. The predicted octanol–water partition coefficient (Wildman–Crippen LogP) is 6.50. The quantitative estimate of drug-likeness (QED) is 0.475. The molecule has 2 aromatic carbocycles. The Balaban J connectivity index is 1.93. The van der Waals surface area contributed by atoms with Crippen molar-refractivity contribution < 1.29 is 18.7 Å². The molecule has 5 nitrogen and oxygen atoms in total. The number of aryl methyl sites for hydroxylation is 3. The zero-order chi connectivity index (χ0) is 26.8. The van der Waals surface area contributed by atoms with E-state index in [2.05, 4.69) is 32.0 Å². The summed E-state index contributed by atoms with van der Waals surface area (Å²) in [5.41, 5.74) is 4.50. The summed E-state index contributed by atoms with van der Waals surface area (Å²) in [6.07, 6.45) is 0.955. The van der Waals surface area contributed by atoms with Crippen molar-refractivity contribution in [1.82, 2.24) is 9.80 Å². The van der Waals surface area contributed by atoms with Crippen LogP contribution in [0.1, 0.15) is 80.2 Å². The summed E-state index contributed by atoms with van der Waals surface area (Å²) in [7, 11) is 1.87. The van der Waals surface area contributed by atoms with Crippen molar-refractivity contribution in [2.75, 3.05) is 20.1 Å². The molecule has 3 atom stereocenters. The average Bonchev–Trinajstić information content (AvgIpc) is 2.77. The van der Waals surface area contributed by atoms with Crippen LogP contribution in [0.5, 0.6) is 0 Å². The van der Waals surface area contributed by atoms with E-state index in [1.807, 2.05) is 46.6 Å². The van der Waals surface area contributed by atoms with Gasteiger partial charge in [0.15, 0.2) is 0 Å². The molecule has 3 rings (SSSR count). The largest absolute Gasteiger partial charge is 0.444 e. The summed E-state index contributed by atoms with van der Waals surface area (Å²) in [5.74, 6) is -0.620. The lowest BCUT2D eigenvalue weighted by Gasteiger charge is -2.44. The fourth-order valence-corrected chi connectivity index (χ4v) is 5.43. The number of carbonyl (C=O) groups excluding carboxylic acids is 2. The van der Waals surface area contributed by atoms with Crippen LogP contribution in [-0.4, -0.2) is 53.6 Å². The van der Waals surface area contributed by atoms with Crippen LogP contribution in [0, 0.1) is 26.6 Å². The fraction of sp³-hybridized carbons (Fsp3) is 0.533. The molecule has 1 fully saturated rings. The first-order valence-corrected chi connectivity index (χ1v) is 12.9. The number of hydrogen-bond acceptors (Lipinski definition) is 3. The maximum Gasteiger partial charge on any atom is 0.410 e. The molecule has 0 bridgehead atoms. The van der Waals surface area contributed by atoms with Crippen molar-refractivity contribution in [3.63, 3.8) is 0 Å². The molecule has 1 saturated heterocycles. The standard InChI is InChI=1S/C30H41FN2O3/c1-9-24(22-15-19(2)14-20(3)16-22)28(34)32(8)27-12-13-33(29(35)36-30(5,6)7)18-26(27)25-11-10-23(31)17-21(25)4/h10-11,14-17,24,26-27H,9,12-13,18H2,1-8H3/t24-,26+,27-/m1/s1. The third-order valence-corrected chi connectivity index (χ3v) is 7.06. The van der Waals surface area contributed by atoms with E-state index < -0.39 is 5.60 Å². The number of nitrogens with zero attached hydrogens (tertiary/aromatic N) is 2. The van der Waals surface area contributed by atoms with Crippen LogP contribution in [0.25, 0.3) is 0 Å². The molecule has 36 heavy (non-hydrogen) atoms. The van der Waals surface area contributed by atoms with Crippen molar-refractivity contribution in [2.45, 2.75) is 84.8 Å². The number of halogens is 1. The lowest BCUT2D eigenvalue weighted by molar-refractivity contribution is -0.135. The van der Waals surface area contributed by atoms with Gasteiger partial charge < -0.3 is 14.5 Å². The first-order valence-electron chi connectivity index (χ1n) is 12.9. The zero-order valence-electron chi connectivity index (χ0n) is 23.0. The van der Waals surface area contributed by atoms with E-state index in [1.54, 1.807) is 11.0 Å². The topological polar surface area (TPSA) is 49.9 Å². The number of amides is 2. The second kappa shape index (κ2) is 11.0. The summed E-state index contributed by atoms with van der Waals surface area (Å²) in [4.78, 5) is 30.4. The van der Waals surface area contributed by atoms with Gasteiger partial charge in [-0.25, -0.2) is 9.18 Å². The number of carbonyl (C=O) groups is 2. The van der Waals surface area contributed by atoms with Crippen molar-refractivity contribution in [1.29, 1.82) is 0 Å². The van der Waals surface area contributed by atoms with Crippen LogP contribution in [0.15, 0.2) is 36.4 Å².